The Bertz CT molecular complexity index is 168. The highest BCUT2D eigenvalue weighted by Gasteiger charge is 2.16. The third kappa shape index (κ3) is 2.30. The largest absolute Gasteiger partial charge is 0.489 e. The second-order valence-electron chi connectivity index (χ2n) is 2.97. The molecule has 0 radical (unpaired) electrons. The fourth-order valence-corrected chi connectivity index (χ4v) is 1.28. The van der Waals surface area contributed by atoms with Crippen LogP contribution >= 0.6 is 0 Å². The first kappa shape index (κ1) is 8.18. The second-order valence-corrected chi connectivity index (χ2v) is 2.97. The molecule has 0 heterocycles. The lowest BCUT2D eigenvalue weighted by Crippen LogP contribution is -2.10. The van der Waals surface area contributed by atoms with Crippen molar-refractivity contribution in [2.45, 2.75) is 31.8 Å². The molecule has 1 aliphatic rings. The van der Waals surface area contributed by atoms with E-state index in [0.29, 0.717) is 17.6 Å². The fourth-order valence-electron chi connectivity index (χ4n) is 1.28. The normalized spacial score (nSPS) is 18.2. The molecule has 0 amide bonds. The van der Waals surface area contributed by atoms with Crippen LogP contribution < -0.4 is 5.73 Å². The van der Waals surface area contributed by atoms with E-state index < -0.39 is 0 Å². The fraction of sp³-hybridized carbons (Fsp3) is 0.556. The Kier molecular flexibility index (Phi) is 2.58. The number of rotatable bonds is 3. The molecule has 0 aromatic rings. The molecule has 2 nitrogen and oxygen atoms in total. The Hall–Kier alpha value is -0.920. The van der Waals surface area contributed by atoms with E-state index in [2.05, 4.69) is 13.2 Å². The average molecular weight is 153 g/mol. The first-order valence-electron chi connectivity index (χ1n) is 4.00. The summed E-state index contributed by atoms with van der Waals surface area (Å²) in [6, 6.07) is 0. The van der Waals surface area contributed by atoms with E-state index in [1.54, 1.807) is 0 Å². The third-order valence-electron chi connectivity index (χ3n) is 1.97. The van der Waals surface area contributed by atoms with Crippen LogP contribution in [0.2, 0.25) is 0 Å². The van der Waals surface area contributed by atoms with Crippen LogP contribution in [0.25, 0.3) is 0 Å². The minimum absolute atomic E-state index is 0.336. The Balaban J connectivity index is 2.29. The van der Waals surface area contributed by atoms with Crippen molar-refractivity contribution < 1.29 is 4.74 Å². The molecule has 2 heteroatoms. The summed E-state index contributed by atoms with van der Waals surface area (Å²) in [5.41, 5.74) is 5.84. The van der Waals surface area contributed by atoms with Crippen molar-refractivity contribution in [3.8, 4) is 0 Å². The summed E-state index contributed by atoms with van der Waals surface area (Å²) in [5.74, 6) is 0.539. The lowest BCUT2D eigenvalue weighted by atomic mass is 10.3. The molecule has 1 saturated carbocycles. The molecule has 11 heavy (non-hydrogen) atoms. The molecule has 1 fully saturated rings. The van der Waals surface area contributed by atoms with E-state index in [1.807, 2.05) is 0 Å². The zero-order valence-electron chi connectivity index (χ0n) is 6.81. The van der Waals surface area contributed by atoms with Crippen LogP contribution in [0.1, 0.15) is 25.7 Å². The van der Waals surface area contributed by atoms with Gasteiger partial charge in [-0.2, -0.15) is 0 Å². The van der Waals surface area contributed by atoms with E-state index in [4.69, 9.17) is 10.5 Å². The van der Waals surface area contributed by atoms with Gasteiger partial charge < -0.3 is 10.5 Å². The highest BCUT2D eigenvalue weighted by atomic mass is 16.5. The number of ether oxygens (including phenoxy) is 1. The second kappa shape index (κ2) is 3.46. The summed E-state index contributed by atoms with van der Waals surface area (Å²) >= 11 is 0. The average Bonchev–Trinajstić information content (AvgIpc) is 2.39. The molecule has 1 rings (SSSR count). The summed E-state index contributed by atoms with van der Waals surface area (Å²) in [6.07, 6.45) is 5.12. The van der Waals surface area contributed by atoms with Gasteiger partial charge in [-0.15, -0.1) is 0 Å². The zero-order chi connectivity index (χ0) is 8.27. The SMILES string of the molecule is C=C(N)C(=C)OC1CCCC1. The number of hydrogen-bond acceptors (Lipinski definition) is 2. The molecular weight excluding hydrogens is 138 g/mol. The molecule has 0 bridgehead atoms. The Morgan fingerprint density at radius 2 is 1.82 bits per heavy atom. The summed E-state index contributed by atoms with van der Waals surface area (Å²) in [4.78, 5) is 0. The molecule has 1 aliphatic carbocycles. The maximum absolute atomic E-state index is 5.45. The maximum Gasteiger partial charge on any atom is 0.134 e. The van der Waals surface area contributed by atoms with Gasteiger partial charge >= 0.3 is 0 Å². The molecule has 0 atom stereocenters. The van der Waals surface area contributed by atoms with Crippen LogP contribution in [0.5, 0.6) is 0 Å². The van der Waals surface area contributed by atoms with Crippen LogP contribution in [-0.4, -0.2) is 6.10 Å². The van der Waals surface area contributed by atoms with Crippen LogP contribution in [0.15, 0.2) is 24.6 Å². The topological polar surface area (TPSA) is 35.2 Å². The molecule has 0 saturated heterocycles. The van der Waals surface area contributed by atoms with Crippen LogP contribution in [0.3, 0.4) is 0 Å². The lowest BCUT2D eigenvalue weighted by molar-refractivity contribution is 0.129. The van der Waals surface area contributed by atoms with Crippen LogP contribution in [-0.2, 0) is 4.74 Å². The Labute approximate surface area is 67.7 Å². The van der Waals surface area contributed by atoms with Gasteiger partial charge in [-0.25, -0.2) is 0 Å². The van der Waals surface area contributed by atoms with Gasteiger partial charge in [-0.05, 0) is 25.7 Å². The first-order valence-corrected chi connectivity index (χ1v) is 4.00. The first-order chi connectivity index (χ1) is 5.20. The molecule has 2 N–H and O–H groups in total. The van der Waals surface area contributed by atoms with Crippen molar-refractivity contribution in [2.24, 2.45) is 5.73 Å². The van der Waals surface area contributed by atoms with E-state index >= 15 is 0 Å². The predicted octanol–water partition coefficient (Wildman–Crippen LogP) is 1.93. The van der Waals surface area contributed by atoms with Gasteiger partial charge in [0.2, 0.25) is 0 Å². The smallest absolute Gasteiger partial charge is 0.134 e. The molecule has 0 aromatic heterocycles. The standard InChI is InChI=1S/C9H15NO/c1-7(10)8(2)11-9-5-3-4-6-9/h9H,1-6,10H2. The van der Waals surface area contributed by atoms with E-state index in [1.165, 1.54) is 12.8 Å². The van der Waals surface area contributed by atoms with Gasteiger partial charge in [0.25, 0.3) is 0 Å². The van der Waals surface area contributed by atoms with Crippen LogP contribution in [0.4, 0.5) is 0 Å². The summed E-state index contributed by atoms with van der Waals surface area (Å²) in [6.45, 7) is 7.22. The van der Waals surface area contributed by atoms with Crippen LogP contribution in [0, 0.1) is 0 Å². The van der Waals surface area contributed by atoms with Crippen molar-refractivity contribution in [3.05, 3.63) is 24.6 Å². The predicted molar refractivity (Wildman–Crippen MR) is 45.8 cm³/mol. The van der Waals surface area contributed by atoms with E-state index in [9.17, 15) is 0 Å². The monoisotopic (exact) mass is 153 g/mol. The van der Waals surface area contributed by atoms with Crippen molar-refractivity contribution in [2.75, 3.05) is 0 Å². The lowest BCUT2D eigenvalue weighted by Gasteiger charge is -2.14. The van der Waals surface area contributed by atoms with Crippen molar-refractivity contribution in [3.63, 3.8) is 0 Å². The van der Waals surface area contributed by atoms with Gasteiger partial charge in [-0.3, -0.25) is 0 Å². The molecule has 0 aromatic carbocycles. The molecular formula is C9H15NO. The van der Waals surface area contributed by atoms with E-state index in [-0.39, 0.29) is 0 Å². The van der Waals surface area contributed by atoms with Gasteiger partial charge in [0.15, 0.2) is 0 Å². The number of hydrogen-bond donors (Lipinski definition) is 1. The molecule has 0 aliphatic heterocycles. The van der Waals surface area contributed by atoms with Gasteiger partial charge in [0, 0.05) is 0 Å². The number of nitrogens with two attached hydrogens (primary N) is 1. The van der Waals surface area contributed by atoms with Gasteiger partial charge in [-0.1, -0.05) is 13.2 Å². The van der Waals surface area contributed by atoms with Gasteiger partial charge in [0.1, 0.15) is 5.76 Å². The minimum atomic E-state index is 0.336. The summed E-state index contributed by atoms with van der Waals surface area (Å²) in [7, 11) is 0. The van der Waals surface area contributed by atoms with Crippen molar-refractivity contribution >= 4 is 0 Å². The van der Waals surface area contributed by atoms with Crippen molar-refractivity contribution in [1.82, 2.24) is 0 Å². The minimum Gasteiger partial charge on any atom is -0.489 e. The Morgan fingerprint density at radius 1 is 1.27 bits per heavy atom. The molecule has 0 unspecified atom stereocenters. The summed E-state index contributed by atoms with van der Waals surface area (Å²) < 4.78 is 5.45. The zero-order valence-corrected chi connectivity index (χ0v) is 6.81. The molecule has 62 valence electrons. The van der Waals surface area contributed by atoms with E-state index in [0.717, 1.165) is 12.8 Å². The molecule has 0 spiro atoms. The highest BCUT2D eigenvalue weighted by Crippen LogP contribution is 2.23. The maximum atomic E-state index is 5.45. The summed E-state index contributed by atoms with van der Waals surface area (Å²) in [5, 5.41) is 0. The third-order valence-corrected chi connectivity index (χ3v) is 1.97. The van der Waals surface area contributed by atoms with Gasteiger partial charge in [0.05, 0.1) is 11.8 Å². The highest BCUT2D eigenvalue weighted by molar-refractivity contribution is 5.15. The quantitative estimate of drug-likeness (QED) is 0.496. The Morgan fingerprint density at radius 3 is 2.27 bits per heavy atom. The van der Waals surface area contributed by atoms with Crippen molar-refractivity contribution in [1.29, 1.82) is 0 Å².